The van der Waals surface area contributed by atoms with Crippen molar-refractivity contribution in [1.29, 1.82) is 0 Å². The van der Waals surface area contributed by atoms with E-state index in [4.69, 9.17) is 11.6 Å². The summed E-state index contributed by atoms with van der Waals surface area (Å²) >= 11 is 5.83. The van der Waals surface area contributed by atoms with Crippen molar-refractivity contribution in [2.24, 2.45) is 5.41 Å². The number of hydrogen-bond acceptors (Lipinski definition) is 3. The van der Waals surface area contributed by atoms with Gasteiger partial charge in [-0.15, -0.1) is 11.6 Å². The monoisotopic (exact) mass is 295 g/mol. The molecule has 1 aliphatic heterocycles. The third-order valence-corrected chi connectivity index (χ3v) is 4.42. The fourth-order valence-corrected chi connectivity index (χ4v) is 2.36. The number of anilines is 1. The molecule has 1 aromatic rings. The Labute approximate surface area is 125 Å². The number of pyridine rings is 1. The quantitative estimate of drug-likeness (QED) is 0.868. The summed E-state index contributed by atoms with van der Waals surface area (Å²) in [6.45, 7) is 5.59. The van der Waals surface area contributed by atoms with Gasteiger partial charge >= 0.3 is 0 Å². The maximum absolute atomic E-state index is 12.1. The molecule has 2 rings (SSSR count). The number of nitrogens with zero attached hydrogens (tertiary/aromatic N) is 2. The maximum atomic E-state index is 12.1. The molecule has 2 heterocycles. The predicted molar refractivity (Wildman–Crippen MR) is 82.1 cm³/mol. The number of rotatable bonds is 4. The second kappa shape index (κ2) is 6.44. The minimum atomic E-state index is -0.500. The summed E-state index contributed by atoms with van der Waals surface area (Å²) in [4.78, 5) is 18.7. The largest absolute Gasteiger partial charge is 0.356 e. The molecule has 110 valence electrons. The summed E-state index contributed by atoms with van der Waals surface area (Å²) in [6.07, 6.45) is 3.70. The van der Waals surface area contributed by atoms with Gasteiger partial charge in [0.05, 0.1) is 5.41 Å². The molecule has 0 aliphatic carbocycles. The van der Waals surface area contributed by atoms with Crippen molar-refractivity contribution in [3.8, 4) is 0 Å². The second-order valence-electron chi connectivity index (χ2n) is 5.94. The molecule has 0 radical (unpaired) electrons. The van der Waals surface area contributed by atoms with Gasteiger partial charge < -0.3 is 10.2 Å². The van der Waals surface area contributed by atoms with E-state index in [2.05, 4.69) is 15.2 Å². The third-order valence-electron chi connectivity index (χ3n) is 3.75. The van der Waals surface area contributed by atoms with Crippen LogP contribution in [-0.2, 0) is 4.79 Å². The molecule has 0 aromatic carbocycles. The van der Waals surface area contributed by atoms with Gasteiger partial charge in [-0.25, -0.2) is 4.98 Å². The predicted octanol–water partition coefficient (Wildman–Crippen LogP) is 2.43. The molecule has 1 saturated heterocycles. The molecule has 20 heavy (non-hydrogen) atoms. The van der Waals surface area contributed by atoms with E-state index < -0.39 is 5.41 Å². The Bertz CT molecular complexity index is 442. The van der Waals surface area contributed by atoms with Crippen LogP contribution in [0.5, 0.6) is 0 Å². The van der Waals surface area contributed by atoms with E-state index in [1.807, 2.05) is 38.2 Å². The zero-order chi connectivity index (χ0) is 14.6. The molecule has 5 heteroatoms. The molecular formula is C15H22ClN3O. The van der Waals surface area contributed by atoms with Crippen molar-refractivity contribution < 1.29 is 4.79 Å². The van der Waals surface area contributed by atoms with E-state index in [9.17, 15) is 4.79 Å². The molecule has 0 unspecified atom stereocenters. The lowest BCUT2D eigenvalue weighted by atomic mass is 9.94. The average molecular weight is 296 g/mol. The molecule has 1 N–H and O–H groups in total. The van der Waals surface area contributed by atoms with Gasteiger partial charge in [0.15, 0.2) is 0 Å². The first kappa shape index (κ1) is 15.1. The highest BCUT2D eigenvalue weighted by atomic mass is 35.5. The minimum Gasteiger partial charge on any atom is -0.356 e. The van der Waals surface area contributed by atoms with E-state index in [0.29, 0.717) is 5.88 Å². The molecular weight excluding hydrogens is 274 g/mol. The number of carbonyl (C=O) groups is 1. The van der Waals surface area contributed by atoms with Gasteiger partial charge in [0.1, 0.15) is 5.82 Å². The number of hydrogen-bond donors (Lipinski definition) is 1. The number of amides is 1. The van der Waals surface area contributed by atoms with Crippen LogP contribution in [0.25, 0.3) is 0 Å². The Morgan fingerprint density at radius 3 is 2.70 bits per heavy atom. The standard InChI is InChI=1S/C15H22ClN3O/c1-15(2,11-16)14(20)18-12-6-9-19(10-7-12)13-5-3-4-8-17-13/h3-5,8,12H,6-7,9-11H2,1-2H3,(H,18,20). The van der Waals surface area contributed by atoms with Crippen molar-refractivity contribution in [2.75, 3.05) is 23.9 Å². The lowest BCUT2D eigenvalue weighted by Crippen LogP contribution is -2.49. The lowest BCUT2D eigenvalue weighted by molar-refractivity contribution is -0.129. The van der Waals surface area contributed by atoms with Crippen LogP contribution in [0.2, 0.25) is 0 Å². The van der Waals surface area contributed by atoms with Crippen LogP contribution >= 0.6 is 11.6 Å². The van der Waals surface area contributed by atoms with Crippen LogP contribution < -0.4 is 10.2 Å². The number of halogens is 1. The van der Waals surface area contributed by atoms with Gasteiger partial charge in [0.25, 0.3) is 0 Å². The van der Waals surface area contributed by atoms with Crippen molar-refractivity contribution >= 4 is 23.3 Å². The summed E-state index contributed by atoms with van der Waals surface area (Å²) in [7, 11) is 0. The van der Waals surface area contributed by atoms with Gasteiger partial charge in [0.2, 0.25) is 5.91 Å². The Morgan fingerprint density at radius 2 is 2.15 bits per heavy atom. The van der Waals surface area contributed by atoms with Gasteiger partial charge in [-0.1, -0.05) is 6.07 Å². The topological polar surface area (TPSA) is 45.2 Å². The Hall–Kier alpha value is -1.29. The number of alkyl halides is 1. The zero-order valence-electron chi connectivity index (χ0n) is 12.1. The molecule has 1 fully saturated rings. The van der Waals surface area contributed by atoms with E-state index in [0.717, 1.165) is 31.7 Å². The van der Waals surface area contributed by atoms with Gasteiger partial charge in [-0.2, -0.15) is 0 Å². The molecule has 1 amide bonds. The first-order valence-electron chi connectivity index (χ1n) is 7.06. The SMILES string of the molecule is CC(C)(CCl)C(=O)NC1CCN(c2ccccn2)CC1. The third kappa shape index (κ3) is 3.63. The van der Waals surface area contributed by atoms with Gasteiger partial charge in [-0.3, -0.25) is 4.79 Å². The summed E-state index contributed by atoms with van der Waals surface area (Å²) in [6, 6.07) is 6.18. The van der Waals surface area contributed by atoms with Crippen LogP contribution in [0, 0.1) is 5.41 Å². The summed E-state index contributed by atoms with van der Waals surface area (Å²) in [5, 5.41) is 3.11. The van der Waals surface area contributed by atoms with Crippen molar-refractivity contribution in [1.82, 2.24) is 10.3 Å². The highest BCUT2D eigenvalue weighted by Crippen LogP contribution is 2.20. The van der Waals surface area contributed by atoms with Crippen LogP contribution in [0.3, 0.4) is 0 Å². The maximum Gasteiger partial charge on any atom is 0.227 e. The van der Waals surface area contributed by atoms with Gasteiger partial charge in [0, 0.05) is 31.2 Å². The molecule has 4 nitrogen and oxygen atoms in total. The second-order valence-corrected chi connectivity index (χ2v) is 6.21. The lowest BCUT2D eigenvalue weighted by Gasteiger charge is -2.34. The fourth-order valence-electron chi connectivity index (χ4n) is 2.24. The van der Waals surface area contributed by atoms with E-state index in [-0.39, 0.29) is 11.9 Å². The molecule has 0 atom stereocenters. The first-order chi connectivity index (χ1) is 9.53. The number of piperidine rings is 1. The fraction of sp³-hybridized carbons (Fsp3) is 0.600. The normalized spacial score (nSPS) is 17.1. The zero-order valence-corrected chi connectivity index (χ0v) is 12.9. The molecule has 1 aliphatic rings. The van der Waals surface area contributed by atoms with Crippen LogP contribution in [-0.4, -0.2) is 35.9 Å². The van der Waals surface area contributed by atoms with Crippen LogP contribution in [0.4, 0.5) is 5.82 Å². The highest BCUT2D eigenvalue weighted by Gasteiger charge is 2.29. The Kier molecular flexibility index (Phi) is 4.86. The van der Waals surface area contributed by atoms with Crippen molar-refractivity contribution in [3.63, 3.8) is 0 Å². The summed E-state index contributed by atoms with van der Waals surface area (Å²) in [5.74, 6) is 1.40. The van der Waals surface area contributed by atoms with Crippen molar-refractivity contribution in [2.45, 2.75) is 32.7 Å². The smallest absolute Gasteiger partial charge is 0.227 e. The number of aromatic nitrogens is 1. The summed E-state index contributed by atoms with van der Waals surface area (Å²) < 4.78 is 0. The van der Waals surface area contributed by atoms with Crippen molar-refractivity contribution in [3.05, 3.63) is 24.4 Å². The van der Waals surface area contributed by atoms with E-state index >= 15 is 0 Å². The van der Waals surface area contributed by atoms with E-state index in [1.54, 1.807) is 0 Å². The average Bonchev–Trinajstić information content (AvgIpc) is 2.49. The summed E-state index contributed by atoms with van der Waals surface area (Å²) in [5.41, 5.74) is -0.500. The van der Waals surface area contributed by atoms with Gasteiger partial charge in [-0.05, 0) is 38.8 Å². The minimum absolute atomic E-state index is 0.0452. The van der Waals surface area contributed by atoms with Crippen LogP contribution in [0.1, 0.15) is 26.7 Å². The molecule has 0 saturated carbocycles. The molecule has 1 aromatic heterocycles. The van der Waals surface area contributed by atoms with E-state index in [1.165, 1.54) is 0 Å². The Balaban J connectivity index is 1.85. The first-order valence-corrected chi connectivity index (χ1v) is 7.59. The number of carbonyl (C=O) groups excluding carboxylic acids is 1. The molecule has 0 spiro atoms. The molecule has 0 bridgehead atoms. The Morgan fingerprint density at radius 1 is 1.45 bits per heavy atom. The van der Waals surface area contributed by atoms with Crippen LogP contribution in [0.15, 0.2) is 24.4 Å². The highest BCUT2D eigenvalue weighted by molar-refractivity contribution is 6.19. The number of nitrogens with one attached hydrogen (secondary N) is 1.